The van der Waals surface area contributed by atoms with Gasteiger partial charge in [-0.1, -0.05) is 0 Å². The van der Waals surface area contributed by atoms with E-state index in [4.69, 9.17) is 4.74 Å². The van der Waals surface area contributed by atoms with Crippen molar-refractivity contribution in [2.24, 2.45) is 5.10 Å². The van der Waals surface area contributed by atoms with E-state index in [2.05, 4.69) is 17.1 Å². The van der Waals surface area contributed by atoms with Crippen LogP contribution in [0.2, 0.25) is 0 Å². The Hall–Kier alpha value is -3.07. The monoisotopic (exact) mass is 360 g/mol. The van der Waals surface area contributed by atoms with Crippen molar-refractivity contribution < 1.29 is 14.7 Å². The third-order valence-corrected chi connectivity index (χ3v) is 4.40. The van der Waals surface area contributed by atoms with Gasteiger partial charge in [-0.3, -0.25) is 14.8 Å². The Balaban J connectivity index is 1.96. The number of quaternary nitrogens is 1. The zero-order valence-corrected chi connectivity index (χ0v) is 14.7. The molecule has 0 spiro atoms. The second-order valence-electron chi connectivity index (χ2n) is 6.19. The lowest BCUT2D eigenvalue weighted by Crippen LogP contribution is -3.11. The van der Waals surface area contributed by atoms with Crippen LogP contribution < -0.4 is 20.9 Å². The van der Waals surface area contributed by atoms with E-state index >= 15 is 0 Å². The Morgan fingerprint density at radius 1 is 1.23 bits per heavy atom. The van der Waals surface area contributed by atoms with Gasteiger partial charge in [0, 0.05) is 0 Å². The van der Waals surface area contributed by atoms with E-state index in [1.807, 2.05) is 5.01 Å². The highest BCUT2D eigenvalue weighted by Crippen LogP contribution is 2.18. The topological polar surface area (TPSA) is 104 Å². The van der Waals surface area contributed by atoms with Crippen LogP contribution in [0.15, 0.2) is 39.0 Å². The van der Waals surface area contributed by atoms with Crippen molar-refractivity contribution in [1.29, 1.82) is 0 Å². The number of hydrazone groups is 1. The molecular formula is C17H22N5O4+. The Bertz CT molecular complexity index is 908. The second kappa shape index (κ2) is 7.44. The number of aromatic nitrogens is 2. The van der Waals surface area contributed by atoms with Crippen molar-refractivity contribution >= 4 is 6.21 Å². The standard InChI is InChI=1S/C17H21N5O4/c1-20-7-9-21(10-8-20)18-11-14-15(23)19-17(25)22(16(14)24)12-3-5-13(26-2)6-4-12/h3-6,11,24H,7-10H2,1-2H3,(H,19,23,25)/p+1/b18-11+. The summed E-state index contributed by atoms with van der Waals surface area (Å²) in [5, 5.41) is 16.6. The minimum absolute atomic E-state index is 0.0632. The number of nitrogens with zero attached hydrogens (tertiary/aromatic N) is 3. The molecule has 3 rings (SSSR count). The number of benzene rings is 1. The molecule has 3 N–H and O–H groups in total. The van der Waals surface area contributed by atoms with Gasteiger partial charge in [-0.2, -0.15) is 5.10 Å². The first-order valence-electron chi connectivity index (χ1n) is 8.32. The van der Waals surface area contributed by atoms with Gasteiger partial charge in [-0.15, -0.1) is 0 Å². The molecule has 2 aromatic rings. The molecule has 1 aliphatic rings. The SMILES string of the molecule is COc1ccc(-n2c(O)c(/C=N/N3CC[NH+](C)CC3)c(=O)[nH]c2=O)cc1. The number of aromatic amines is 1. The number of H-pyrrole nitrogens is 1. The van der Waals surface area contributed by atoms with Crippen LogP contribution in [0.3, 0.4) is 0 Å². The normalized spacial score (nSPS) is 15.5. The summed E-state index contributed by atoms with van der Waals surface area (Å²) in [6, 6.07) is 6.55. The molecule has 1 saturated heterocycles. The van der Waals surface area contributed by atoms with Gasteiger partial charge in [0.15, 0.2) is 0 Å². The van der Waals surface area contributed by atoms with Gasteiger partial charge in [0.1, 0.15) is 11.3 Å². The van der Waals surface area contributed by atoms with Crippen LogP contribution in [-0.4, -0.2) is 66.2 Å². The highest BCUT2D eigenvalue weighted by atomic mass is 16.5. The molecule has 0 radical (unpaired) electrons. The summed E-state index contributed by atoms with van der Waals surface area (Å²) >= 11 is 0. The minimum Gasteiger partial charge on any atom is -0.497 e. The van der Waals surface area contributed by atoms with E-state index in [0.717, 1.165) is 30.7 Å². The molecule has 9 heteroatoms. The van der Waals surface area contributed by atoms with E-state index < -0.39 is 17.1 Å². The van der Waals surface area contributed by atoms with Crippen LogP contribution in [0, 0.1) is 0 Å². The first-order valence-corrected chi connectivity index (χ1v) is 8.32. The van der Waals surface area contributed by atoms with E-state index in [1.165, 1.54) is 18.2 Å². The number of hydrogen-bond donors (Lipinski definition) is 3. The average Bonchev–Trinajstić information content (AvgIpc) is 2.63. The lowest BCUT2D eigenvalue weighted by molar-refractivity contribution is -0.884. The highest BCUT2D eigenvalue weighted by molar-refractivity contribution is 5.82. The predicted molar refractivity (Wildman–Crippen MR) is 96.7 cm³/mol. The number of ether oxygens (including phenoxy) is 1. The summed E-state index contributed by atoms with van der Waals surface area (Å²) in [7, 11) is 3.65. The zero-order chi connectivity index (χ0) is 18.7. The van der Waals surface area contributed by atoms with Gasteiger partial charge in [0.2, 0.25) is 5.88 Å². The van der Waals surface area contributed by atoms with Crippen molar-refractivity contribution in [2.45, 2.75) is 0 Å². The number of methoxy groups -OCH3 is 1. The van der Waals surface area contributed by atoms with Crippen LogP contribution >= 0.6 is 0 Å². The van der Waals surface area contributed by atoms with Crippen molar-refractivity contribution in [2.75, 3.05) is 40.3 Å². The second-order valence-corrected chi connectivity index (χ2v) is 6.19. The molecule has 1 fully saturated rings. The Kier molecular flexibility index (Phi) is 5.08. The lowest BCUT2D eigenvalue weighted by Gasteiger charge is -2.27. The summed E-state index contributed by atoms with van der Waals surface area (Å²) < 4.78 is 6.11. The van der Waals surface area contributed by atoms with Crippen LogP contribution in [0.5, 0.6) is 11.6 Å². The molecule has 1 aromatic carbocycles. The zero-order valence-electron chi connectivity index (χ0n) is 14.7. The van der Waals surface area contributed by atoms with Crippen LogP contribution in [0.25, 0.3) is 5.69 Å². The van der Waals surface area contributed by atoms with E-state index in [9.17, 15) is 14.7 Å². The molecule has 0 unspecified atom stereocenters. The summed E-state index contributed by atoms with van der Waals surface area (Å²) in [5.74, 6) is 0.164. The van der Waals surface area contributed by atoms with E-state index in [-0.39, 0.29) is 5.56 Å². The van der Waals surface area contributed by atoms with Crippen molar-refractivity contribution in [3.63, 3.8) is 0 Å². The fourth-order valence-electron chi connectivity index (χ4n) is 2.76. The molecule has 1 aliphatic heterocycles. The molecule has 1 aromatic heterocycles. The molecule has 0 bridgehead atoms. The molecular weight excluding hydrogens is 338 g/mol. The van der Waals surface area contributed by atoms with Gasteiger partial charge < -0.3 is 14.7 Å². The quantitative estimate of drug-likeness (QED) is 0.570. The van der Waals surface area contributed by atoms with Gasteiger partial charge >= 0.3 is 5.69 Å². The van der Waals surface area contributed by atoms with Crippen molar-refractivity contribution in [1.82, 2.24) is 14.6 Å². The molecule has 0 amide bonds. The summed E-state index contributed by atoms with van der Waals surface area (Å²) in [4.78, 5) is 27.9. The molecule has 0 saturated carbocycles. The Labute approximate surface area is 149 Å². The number of hydrogen-bond acceptors (Lipinski definition) is 6. The fourth-order valence-corrected chi connectivity index (χ4v) is 2.76. The first kappa shape index (κ1) is 17.7. The maximum absolute atomic E-state index is 12.2. The third kappa shape index (κ3) is 3.62. The first-order chi connectivity index (χ1) is 12.5. The van der Waals surface area contributed by atoms with Gasteiger partial charge in [-0.25, -0.2) is 9.36 Å². The predicted octanol–water partition coefficient (Wildman–Crippen LogP) is -1.60. The lowest BCUT2D eigenvalue weighted by atomic mass is 10.2. The third-order valence-electron chi connectivity index (χ3n) is 4.40. The summed E-state index contributed by atoms with van der Waals surface area (Å²) in [5.41, 5.74) is -1.06. The van der Waals surface area contributed by atoms with Gasteiger partial charge in [0.25, 0.3) is 5.56 Å². The Morgan fingerprint density at radius 2 is 1.88 bits per heavy atom. The number of piperazine rings is 1. The maximum atomic E-state index is 12.2. The largest absolute Gasteiger partial charge is 0.497 e. The fraction of sp³-hybridized carbons (Fsp3) is 0.353. The number of likely N-dealkylation sites (N-methyl/N-ethyl adjacent to an activating group) is 1. The van der Waals surface area contributed by atoms with Crippen LogP contribution in [0.4, 0.5) is 0 Å². The molecule has 0 atom stereocenters. The maximum Gasteiger partial charge on any atom is 0.335 e. The molecule has 26 heavy (non-hydrogen) atoms. The van der Waals surface area contributed by atoms with Crippen LogP contribution in [0.1, 0.15) is 5.56 Å². The molecule has 0 aliphatic carbocycles. The Morgan fingerprint density at radius 3 is 2.50 bits per heavy atom. The van der Waals surface area contributed by atoms with Gasteiger partial charge in [-0.05, 0) is 24.3 Å². The average molecular weight is 360 g/mol. The van der Waals surface area contributed by atoms with Crippen LogP contribution in [-0.2, 0) is 0 Å². The minimum atomic E-state index is -0.724. The molecule has 2 heterocycles. The van der Waals surface area contributed by atoms with Crippen molar-refractivity contribution in [3.8, 4) is 17.3 Å². The summed E-state index contributed by atoms with van der Waals surface area (Å²) in [6.07, 6.45) is 1.30. The number of nitrogens with one attached hydrogen (secondary N) is 2. The van der Waals surface area contributed by atoms with E-state index in [0.29, 0.717) is 11.4 Å². The van der Waals surface area contributed by atoms with Gasteiger partial charge in [0.05, 0.1) is 52.2 Å². The molecule has 9 nitrogen and oxygen atoms in total. The van der Waals surface area contributed by atoms with Crippen molar-refractivity contribution in [3.05, 3.63) is 50.7 Å². The smallest absolute Gasteiger partial charge is 0.335 e. The van der Waals surface area contributed by atoms with E-state index in [1.54, 1.807) is 24.3 Å². The highest BCUT2D eigenvalue weighted by Gasteiger charge is 2.17. The number of aromatic hydroxyl groups is 1. The number of rotatable bonds is 4. The molecule has 138 valence electrons. The summed E-state index contributed by atoms with van der Waals surface area (Å²) in [6.45, 7) is 3.42.